The third-order valence-electron chi connectivity index (χ3n) is 4.29. The highest BCUT2D eigenvalue weighted by atomic mass is 19.2. The summed E-state index contributed by atoms with van der Waals surface area (Å²) >= 11 is 0. The molecular formula is C21H15F5. The van der Waals surface area contributed by atoms with Gasteiger partial charge in [0.15, 0.2) is 29.1 Å². The summed E-state index contributed by atoms with van der Waals surface area (Å²) in [6, 6.07) is 11.8. The molecule has 5 heteroatoms. The fourth-order valence-electron chi connectivity index (χ4n) is 2.76. The summed E-state index contributed by atoms with van der Waals surface area (Å²) in [6.07, 6.45) is 0.788. The lowest BCUT2D eigenvalue weighted by atomic mass is 9.99. The van der Waals surface area contributed by atoms with E-state index in [0.717, 1.165) is 17.7 Å². The molecule has 0 saturated carbocycles. The van der Waals surface area contributed by atoms with Gasteiger partial charge in [0.25, 0.3) is 0 Å². The number of benzene rings is 3. The van der Waals surface area contributed by atoms with Crippen LogP contribution in [0.3, 0.4) is 0 Å². The molecule has 0 spiro atoms. The number of hydrogen-bond donors (Lipinski definition) is 0. The molecule has 0 N–H and O–H groups in total. The van der Waals surface area contributed by atoms with Crippen LogP contribution in [0.4, 0.5) is 22.0 Å². The van der Waals surface area contributed by atoms with E-state index in [2.05, 4.69) is 0 Å². The molecule has 0 saturated heterocycles. The first kappa shape index (κ1) is 18.1. The van der Waals surface area contributed by atoms with Crippen LogP contribution in [0.5, 0.6) is 0 Å². The van der Waals surface area contributed by atoms with E-state index < -0.39 is 29.1 Å². The van der Waals surface area contributed by atoms with E-state index in [1.54, 1.807) is 24.3 Å². The largest absolute Gasteiger partial charge is 0.204 e. The van der Waals surface area contributed by atoms with E-state index in [0.29, 0.717) is 24.0 Å². The highest BCUT2D eigenvalue weighted by molar-refractivity contribution is 5.65. The van der Waals surface area contributed by atoms with Crippen LogP contribution in [-0.2, 0) is 12.8 Å². The van der Waals surface area contributed by atoms with Crippen molar-refractivity contribution < 1.29 is 22.0 Å². The molecule has 0 aliphatic rings. The Morgan fingerprint density at radius 3 is 1.81 bits per heavy atom. The maximum absolute atomic E-state index is 14.0. The molecule has 26 heavy (non-hydrogen) atoms. The second-order valence-corrected chi connectivity index (χ2v) is 6.13. The maximum Gasteiger partial charge on any atom is 0.194 e. The van der Waals surface area contributed by atoms with Crippen LogP contribution >= 0.6 is 0 Å². The summed E-state index contributed by atoms with van der Waals surface area (Å²) in [6.45, 7) is 1.49. The van der Waals surface area contributed by atoms with Gasteiger partial charge in [0.1, 0.15) is 0 Å². The Kier molecular flexibility index (Phi) is 5.07. The van der Waals surface area contributed by atoms with Gasteiger partial charge < -0.3 is 0 Å². The Bertz CT molecular complexity index is 922. The Hall–Kier alpha value is -2.69. The van der Waals surface area contributed by atoms with Crippen LogP contribution in [0.2, 0.25) is 0 Å². The highest BCUT2D eigenvalue weighted by Gasteiger charge is 2.13. The molecule has 0 heterocycles. The van der Waals surface area contributed by atoms with Gasteiger partial charge in [0.2, 0.25) is 0 Å². The second kappa shape index (κ2) is 7.28. The van der Waals surface area contributed by atoms with Gasteiger partial charge in [0, 0.05) is 5.56 Å². The highest BCUT2D eigenvalue weighted by Crippen LogP contribution is 2.26. The van der Waals surface area contributed by atoms with Gasteiger partial charge in [-0.25, -0.2) is 22.0 Å². The topological polar surface area (TPSA) is 0 Å². The summed E-state index contributed by atoms with van der Waals surface area (Å²) in [7, 11) is 0. The fraction of sp³-hybridized carbons (Fsp3) is 0.143. The molecular weight excluding hydrogens is 347 g/mol. The minimum absolute atomic E-state index is 0.169. The molecule has 0 amide bonds. The first-order chi connectivity index (χ1) is 12.4. The molecule has 0 aromatic heterocycles. The standard InChI is InChI=1S/C21H15F5/c1-12-2-9-16(20(25)19(12)24)15-7-5-13(6-8-15)3-4-14-10-17(22)21(26)18(23)11-14/h2,5-11H,3-4H2,1H3. The smallest absolute Gasteiger partial charge is 0.194 e. The lowest BCUT2D eigenvalue weighted by Crippen LogP contribution is -1.97. The van der Waals surface area contributed by atoms with Gasteiger partial charge in [-0.1, -0.05) is 36.4 Å². The first-order valence-corrected chi connectivity index (χ1v) is 8.04. The van der Waals surface area contributed by atoms with E-state index in [4.69, 9.17) is 0 Å². The van der Waals surface area contributed by atoms with Crippen LogP contribution in [0.1, 0.15) is 16.7 Å². The van der Waals surface area contributed by atoms with Crippen LogP contribution in [0.25, 0.3) is 11.1 Å². The normalized spacial score (nSPS) is 11.0. The van der Waals surface area contributed by atoms with E-state index in [-0.39, 0.29) is 11.1 Å². The third kappa shape index (κ3) is 3.62. The lowest BCUT2D eigenvalue weighted by molar-refractivity contribution is 0.445. The fourth-order valence-corrected chi connectivity index (χ4v) is 2.76. The Labute approximate surface area is 147 Å². The number of rotatable bonds is 4. The van der Waals surface area contributed by atoms with E-state index in [1.165, 1.54) is 19.1 Å². The average Bonchev–Trinajstić information content (AvgIpc) is 2.63. The van der Waals surface area contributed by atoms with E-state index in [1.807, 2.05) is 0 Å². The Morgan fingerprint density at radius 2 is 1.19 bits per heavy atom. The molecule has 0 aliphatic carbocycles. The molecule has 3 rings (SSSR count). The molecule has 0 unspecified atom stereocenters. The first-order valence-electron chi connectivity index (χ1n) is 8.04. The van der Waals surface area contributed by atoms with Crippen molar-refractivity contribution in [3.63, 3.8) is 0 Å². The Balaban J connectivity index is 1.75. The summed E-state index contributed by atoms with van der Waals surface area (Å²) in [5, 5.41) is 0. The van der Waals surface area contributed by atoms with Crippen LogP contribution in [0, 0.1) is 36.0 Å². The minimum Gasteiger partial charge on any atom is -0.204 e. The SMILES string of the molecule is Cc1ccc(-c2ccc(CCc3cc(F)c(F)c(F)c3)cc2)c(F)c1F. The summed E-state index contributed by atoms with van der Waals surface area (Å²) < 4.78 is 67.2. The van der Waals surface area contributed by atoms with Gasteiger partial charge in [-0.2, -0.15) is 0 Å². The zero-order chi connectivity index (χ0) is 18.8. The lowest BCUT2D eigenvalue weighted by Gasteiger charge is -2.08. The predicted octanol–water partition coefficient (Wildman–Crippen LogP) is 6.14. The zero-order valence-electron chi connectivity index (χ0n) is 13.9. The molecule has 0 nitrogen and oxygen atoms in total. The quantitative estimate of drug-likeness (QED) is 0.386. The molecule has 0 atom stereocenters. The van der Waals surface area contributed by atoms with Crippen molar-refractivity contribution in [2.45, 2.75) is 19.8 Å². The molecule has 134 valence electrons. The van der Waals surface area contributed by atoms with Crippen LogP contribution in [0.15, 0.2) is 48.5 Å². The second-order valence-electron chi connectivity index (χ2n) is 6.13. The van der Waals surface area contributed by atoms with Crippen molar-refractivity contribution in [2.24, 2.45) is 0 Å². The number of hydrogen-bond acceptors (Lipinski definition) is 0. The summed E-state index contributed by atoms with van der Waals surface area (Å²) in [5.41, 5.74) is 2.14. The monoisotopic (exact) mass is 362 g/mol. The van der Waals surface area contributed by atoms with Crippen molar-refractivity contribution in [1.82, 2.24) is 0 Å². The van der Waals surface area contributed by atoms with Gasteiger partial charge in [0.05, 0.1) is 0 Å². The van der Waals surface area contributed by atoms with Crippen molar-refractivity contribution in [2.75, 3.05) is 0 Å². The van der Waals surface area contributed by atoms with Gasteiger partial charge in [-0.15, -0.1) is 0 Å². The molecule has 0 radical (unpaired) electrons. The zero-order valence-corrected chi connectivity index (χ0v) is 13.9. The summed E-state index contributed by atoms with van der Waals surface area (Å²) in [4.78, 5) is 0. The van der Waals surface area contributed by atoms with E-state index in [9.17, 15) is 22.0 Å². The minimum atomic E-state index is -1.48. The molecule has 0 bridgehead atoms. The van der Waals surface area contributed by atoms with E-state index >= 15 is 0 Å². The molecule has 0 aliphatic heterocycles. The Morgan fingerprint density at radius 1 is 0.615 bits per heavy atom. The molecule has 0 fully saturated rings. The van der Waals surface area contributed by atoms with Crippen molar-refractivity contribution in [3.8, 4) is 11.1 Å². The van der Waals surface area contributed by atoms with Gasteiger partial charge in [-0.3, -0.25) is 0 Å². The van der Waals surface area contributed by atoms with Crippen LogP contribution in [-0.4, -0.2) is 0 Å². The van der Waals surface area contributed by atoms with Gasteiger partial charge >= 0.3 is 0 Å². The average molecular weight is 362 g/mol. The maximum atomic E-state index is 14.0. The summed E-state index contributed by atoms with van der Waals surface area (Å²) in [5.74, 6) is -5.67. The number of aryl methyl sites for hydroxylation is 3. The predicted molar refractivity (Wildman–Crippen MR) is 90.3 cm³/mol. The number of halogens is 5. The van der Waals surface area contributed by atoms with Crippen molar-refractivity contribution in [1.29, 1.82) is 0 Å². The molecule has 3 aromatic rings. The third-order valence-corrected chi connectivity index (χ3v) is 4.29. The van der Waals surface area contributed by atoms with Crippen molar-refractivity contribution in [3.05, 3.63) is 94.3 Å². The van der Waals surface area contributed by atoms with Crippen LogP contribution < -0.4 is 0 Å². The van der Waals surface area contributed by atoms with Gasteiger partial charge in [-0.05, 0) is 54.2 Å². The van der Waals surface area contributed by atoms with Crippen molar-refractivity contribution >= 4 is 0 Å². The molecule has 3 aromatic carbocycles.